The molecule has 0 fully saturated rings. The summed E-state index contributed by atoms with van der Waals surface area (Å²) >= 11 is 0. The fraction of sp³-hybridized carbons (Fsp3) is 1.00. The molecule has 2 unspecified atom stereocenters. The quantitative estimate of drug-likeness (QED) is 0.644. The molecule has 0 aliphatic rings. The summed E-state index contributed by atoms with van der Waals surface area (Å²) < 4.78 is 0. The highest BCUT2D eigenvalue weighted by Gasteiger charge is 2.30. The number of hydrogen-bond donors (Lipinski definition) is 1. The van der Waals surface area contributed by atoms with E-state index >= 15 is 0 Å². The third kappa shape index (κ3) is 3.30. The predicted molar refractivity (Wildman–Crippen MR) is 60.8 cm³/mol. The van der Waals surface area contributed by atoms with Gasteiger partial charge in [0.2, 0.25) is 0 Å². The van der Waals surface area contributed by atoms with E-state index in [-0.39, 0.29) is 0 Å². The summed E-state index contributed by atoms with van der Waals surface area (Å²) in [5.74, 6) is 0.772. The Balaban J connectivity index is 4.29. The van der Waals surface area contributed by atoms with E-state index in [2.05, 4.69) is 27.7 Å². The van der Waals surface area contributed by atoms with Gasteiger partial charge in [0.1, 0.15) is 0 Å². The van der Waals surface area contributed by atoms with Crippen molar-refractivity contribution < 1.29 is 0 Å². The minimum atomic E-state index is 0.421. The summed E-state index contributed by atoms with van der Waals surface area (Å²) in [6.07, 6.45) is 6.42. The van der Waals surface area contributed by atoms with Gasteiger partial charge < -0.3 is 5.73 Å². The summed E-state index contributed by atoms with van der Waals surface area (Å²) in [7, 11) is 0. The first-order valence-corrected chi connectivity index (χ1v) is 5.86. The van der Waals surface area contributed by atoms with Crippen molar-refractivity contribution in [2.75, 3.05) is 6.54 Å². The van der Waals surface area contributed by atoms with E-state index in [0.717, 1.165) is 12.5 Å². The molecule has 0 spiro atoms. The van der Waals surface area contributed by atoms with E-state index in [4.69, 9.17) is 5.73 Å². The molecule has 2 N–H and O–H groups in total. The second kappa shape index (κ2) is 6.42. The van der Waals surface area contributed by atoms with Crippen LogP contribution in [-0.4, -0.2) is 6.54 Å². The Hall–Kier alpha value is -0.0400. The van der Waals surface area contributed by atoms with Crippen molar-refractivity contribution in [1.82, 2.24) is 0 Å². The lowest BCUT2D eigenvalue weighted by molar-refractivity contribution is 0.150. The number of hydrogen-bond acceptors (Lipinski definition) is 1. The highest BCUT2D eigenvalue weighted by molar-refractivity contribution is 4.83. The monoisotopic (exact) mass is 185 g/mol. The highest BCUT2D eigenvalue weighted by Crippen LogP contribution is 2.37. The zero-order valence-electron chi connectivity index (χ0n) is 9.90. The van der Waals surface area contributed by atoms with E-state index in [1.807, 2.05) is 0 Å². The molecule has 2 atom stereocenters. The van der Waals surface area contributed by atoms with Gasteiger partial charge in [-0.05, 0) is 30.7 Å². The molecular weight excluding hydrogens is 158 g/mol. The molecule has 0 aliphatic carbocycles. The van der Waals surface area contributed by atoms with Crippen molar-refractivity contribution in [3.63, 3.8) is 0 Å². The Morgan fingerprint density at radius 1 is 1.23 bits per heavy atom. The molecule has 0 rings (SSSR count). The average Bonchev–Trinajstić information content (AvgIpc) is 2.19. The third-order valence-electron chi connectivity index (χ3n) is 3.80. The Kier molecular flexibility index (Phi) is 6.40. The van der Waals surface area contributed by atoms with Gasteiger partial charge in [-0.3, -0.25) is 0 Å². The largest absolute Gasteiger partial charge is 0.330 e. The maximum atomic E-state index is 5.94. The van der Waals surface area contributed by atoms with Crippen molar-refractivity contribution in [2.24, 2.45) is 17.1 Å². The number of rotatable bonds is 7. The summed E-state index contributed by atoms with van der Waals surface area (Å²) in [5.41, 5.74) is 6.36. The molecule has 80 valence electrons. The van der Waals surface area contributed by atoms with Crippen LogP contribution in [-0.2, 0) is 0 Å². The molecule has 0 aliphatic heterocycles. The second-order valence-corrected chi connectivity index (χ2v) is 4.33. The highest BCUT2D eigenvalue weighted by atomic mass is 14.6. The fourth-order valence-corrected chi connectivity index (χ4v) is 2.18. The zero-order valence-corrected chi connectivity index (χ0v) is 9.90. The molecule has 0 radical (unpaired) electrons. The van der Waals surface area contributed by atoms with Crippen molar-refractivity contribution in [3.05, 3.63) is 0 Å². The third-order valence-corrected chi connectivity index (χ3v) is 3.80. The molecule has 0 aromatic rings. The van der Waals surface area contributed by atoms with Crippen molar-refractivity contribution in [1.29, 1.82) is 0 Å². The Bertz CT molecular complexity index is 116. The molecule has 0 aromatic carbocycles. The molecule has 13 heavy (non-hydrogen) atoms. The van der Waals surface area contributed by atoms with Crippen LogP contribution in [0, 0.1) is 11.3 Å². The standard InChI is InChI=1S/C12H27N/c1-5-8-9-12(7-3,10-13)11(4)6-2/h11H,5-10,13H2,1-4H3. The lowest BCUT2D eigenvalue weighted by atomic mass is 9.70. The van der Waals surface area contributed by atoms with Gasteiger partial charge in [-0.2, -0.15) is 0 Å². The van der Waals surface area contributed by atoms with Crippen molar-refractivity contribution in [3.8, 4) is 0 Å². The first-order chi connectivity index (χ1) is 6.16. The molecule has 0 amide bonds. The van der Waals surface area contributed by atoms with E-state index in [1.165, 1.54) is 32.1 Å². The Labute approximate surface area is 84.1 Å². The zero-order chi connectivity index (χ0) is 10.3. The smallest absolute Gasteiger partial charge is 0.00181 e. The Morgan fingerprint density at radius 2 is 1.85 bits per heavy atom. The van der Waals surface area contributed by atoms with Gasteiger partial charge in [-0.1, -0.05) is 47.0 Å². The minimum absolute atomic E-state index is 0.421. The maximum Gasteiger partial charge on any atom is -0.00181 e. The minimum Gasteiger partial charge on any atom is -0.330 e. The van der Waals surface area contributed by atoms with Crippen LogP contribution in [0.4, 0.5) is 0 Å². The van der Waals surface area contributed by atoms with Crippen LogP contribution in [0.2, 0.25) is 0 Å². The van der Waals surface area contributed by atoms with E-state index in [9.17, 15) is 0 Å². The molecule has 1 nitrogen and oxygen atoms in total. The predicted octanol–water partition coefficient (Wildman–Crippen LogP) is 3.58. The summed E-state index contributed by atoms with van der Waals surface area (Å²) in [5, 5.41) is 0. The normalized spacial score (nSPS) is 18.2. The van der Waals surface area contributed by atoms with Gasteiger partial charge in [-0.25, -0.2) is 0 Å². The molecular formula is C12H27N. The van der Waals surface area contributed by atoms with Gasteiger partial charge >= 0.3 is 0 Å². The second-order valence-electron chi connectivity index (χ2n) is 4.33. The van der Waals surface area contributed by atoms with Gasteiger partial charge in [0.15, 0.2) is 0 Å². The fourth-order valence-electron chi connectivity index (χ4n) is 2.18. The topological polar surface area (TPSA) is 26.0 Å². The van der Waals surface area contributed by atoms with Gasteiger partial charge in [0.25, 0.3) is 0 Å². The maximum absolute atomic E-state index is 5.94. The summed E-state index contributed by atoms with van der Waals surface area (Å²) in [4.78, 5) is 0. The lowest BCUT2D eigenvalue weighted by Gasteiger charge is -2.37. The molecule has 1 heteroatoms. The van der Waals surface area contributed by atoms with Crippen LogP contribution in [0.1, 0.15) is 59.8 Å². The number of unbranched alkanes of at least 4 members (excludes halogenated alkanes) is 1. The van der Waals surface area contributed by atoms with Crippen LogP contribution >= 0.6 is 0 Å². The van der Waals surface area contributed by atoms with Gasteiger partial charge in [-0.15, -0.1) is 0 Å². The van der Waals surface area contributed by atoms with Crippen molar-refractivity contribution >= 4 is 0 Å². The summed E-state index contributed by atoms with van der Waals surface area (Å²) in [6.45, 7) is 10.0. The Morgan fingerprint density at radius 3 is 2.15 bits per heavy atom. The van der Waals surface area contributed by atoms with Crippen LogP contribution in [0.25, 0.3) is 0 Å². The van der Waals surface area contributed by atoms with Crippen LogP contribution in [0.15, 0.2) is 0 Å². The molecule has 0 saturated carbocycles. The first kappa shape index (κ1) is 13.0. The molecule has 0 heterocycles. The SMILES string of the molecule is CCCCC(CC)(CN)C(C)CC. The first-order valence-electron chi connectivity index (χ1n) is 5.86. The van der Waals surface area contributed by atoms with E-state index < -0.39 is 0 Å². The number of nitrogens with two attached hydrogens (primary N) is 1. The van der Waals surface area contributed by atoms with E-state index in [1.54, 1.807) is 0 Å². The lowest BCUT2D eigenvalue weighted by Crippen LogP contribution is -2.36. The average molecular weight is 185 g/mol. The van der Waals surface area contributed by atoms with Crippen LogP contribution in [0.5, 0.6) is 0 Å². The molecule has 0 bridgehead atoms. The van der Waals surface area contributed by atoms with E-state index in [0.29, 0.717) is 5.41 Å². The van der Waals surface area contributed by atoms with Crippen LogP contribution < -0.4 is 5.73 Å². The molecule has 0 aromatic heterocycles. The molecule has 0 saturated heterocycles. The van der Waals surface area contributed by atoms with Crippen LogP contribution in [0.3, 0.4) is 0 Å². The summed E-state index contributed by atoms with van der Waals surface area (Å²) in [6, 6.07) is 0. The van der Waals surface area contributed by atoms with Gasteiger partial charge in [0, 0.05) is 0 Å². The van der Waals surface area contributed by atoms with Crippen molar-refractivity contribution in [2.45, 2.75) is 59.8 Å². The van der Waals surface area contributed by atoms with Gasteiger partial charge in [0.05, 0.1) is 0 Å².